The van der Waals surface area contributed by atoms with Crippen LogP contribution in [-0.2, 0) is 7.05 Å². The third-order valence-corrected chi connectivity index (χ3v) is 3.15. The van der Waals surface area contributed by atoms with Gasteiger partial charge >= 0.3 is 0 Å². The number of aryl methyl sites for hydroxylation is 1. The molecular weight excluding hydrogens is 268 g/mol. The molecule has 0 aliphatic heterocycles. The van der Waals surface area contributed by atoms with Gasteiger partial charge in [-0.3, -0.25) is 9.48 Å². The second-order valence-corrected chi connectivity index (χ2v) is 4.70. The Bertz CT molecular complexity index is 609. The predicted octanol–water partition coefficient (Wildman–Crippen LogP) is 1.42. The number of hydrogen-bond donors (Lipinski definition) is 1. The van der Waals surface area contributed by atoms with Crippen molar-refractivity contribution in [3.05, 3.63) is 42.2 Å². The smallest absolute Gasteiger partial charge is 0.261 e. The summed E-state index contributed by atoms with van der Waals surface area (Å²) >= 11 is 0. The van der Waals surface area contributed by atoms with Crippen molar-refractivity contribution >= 4 is 11.6 Å². The summed E-state index contributed by atoms with van der Waals surface area (Å²) < 4.78 is 6.83. The van der Waals surface area contributed by atoms with E-state index in [1.807, 2.05) is 24.3 Å². The van der Waals surface area contributed by atoms with Gasteiger partial charge in [0.05, 0.1) is 18.9 Å². The lowest BCUT2D eigenvalue weighted by Crippen LogP contribution is -2.32. The highest BCUT2D eigenvalue weighted by Crippen LogP contribution is 2.22. The molecule has 0 atom stereocenters. The molecule has 21 heavy (non-hydrogen) atoms. The van der Waals surface area contributed by atoms with Crippen LogP contribution >= 0.6 is 0 Å². The number of ether oxygens (including phenoxy) is 1. The van der Waals surface area contributed by atoms with Crippen LogP contribution in [0.2, 0.25) is 0 Å². The monoisotopic (exact) mass is 288 g/mol. The van der Waals surface area contributed by atoms with Crippen molar-refractivity contribution in [2.45, 2.75) is 6.42 Å². The summed E-state index contributed by atoms with van der Waals surface area (Å²) in [6.07, 6.45) is 4.00. The quantitative estimate of drug-likeness (QED) is 0.872. The highest BCUT2D eigenvalue weighted by atomic mass is 16.5. The van der Waals surface area contributed by atoms with Gasteiger partial charge < -0.3 is 15.4 Å². The fourth-order valence-corrected chi connectivity index (χ4v) is 2.06. The summed E-state index contributed by atoms with van der Waals surface area (Å²) in [5.41, 5.74) is 6.92. The molecule has 2 aromatic rings. The maximum Gasteiger partial charge on any atom is 0.261 e. The van der Waals surface area contributed by atoms with Gasteiger partial charge in [0.25, 0.3) is 5.91 Å². The average Bonchev–Trinajstić information content (AvgIpc) is 2.94. The van der Waals surface area contributed by atoms with Crippen molar-refractivity contribution in [2.24, 2.45) is 12.8 Å². The van der Waals surface area contributed by atoms with Crippen LogP contribution < -0.4 is 15.4 Å². The standard InChI is InChI=1S/C15H20N4O2/c1-18-11-12(10-17-18)15(20)19(8-4-7-16)13-5-3-6-14(9-13)21-2/h3,5-6,9-11H,4,7-8,16H2,1-2H3. The van der Waals surface area contributed by atoms with Crippen molar-refractivity contribution in [3.63, 3.8) is 0 Å². The van der Waals surface area contributed by atoms with Gasteiger partial charge in [0, 0.05) is 31.5 Å². The minimum absolute atomic E-state index is 0.0928. The number of hydrogen-bond acceptors (Lipinski definition) is 4. The number of aromatic nitrogens is 2. The molecule has 0 radical (unpaired) electrons. The summed E-state index contributed by atoms with van der Waals surface area (Å²) in [4.78, 5) is 14.4. The lowest BCUT2D eigenvalue weighted by molar-refractivity contribution is 0.0986. The summed E-state index contributed by atoms with van der Waals surface area (Å²) in [6.45, 7) is 1.08. The van der Waals surface area contributed by atoms with E-state index in [0.717, 1.165) is 12.1 Å². The Balaban J connectivity index is 2.30. The molecular formula is C15H20N4O2. The van der Waals surface area contributed by atoms with Crippen molar-refractivity contribution < 1.29 is 9.53 Å². The van der Waals surface area contributed by atoms with Crippen LogP contribution in [-0.4, -0.2) is 35.9 Å². The highest BCUT2D eigenvalue weighted by Gasteiger charge is 2.19. The zero-order chi connectivity index (χ0) is 15.2. The van der Waals surface area contributed by atoms with E-state index in [2.05, 4.69) is 5.10 Å². The Labute approximate surface area is 124 Å². The van der Waals surface area contributed by atoms with Crippen molar-refractivity contribution in [1.82, 2.24) is 9.78 Å². The number of anilines is 1. The molecule has 112 valence electrons. The second-order valence-electron chi connectivity index (χ2n) is 4.70. The van der Waals surface area contributed by atoms with Gasteiger partial charge in [-0.25, -0.2) is 0 Å². The first-order valence-corrected chi connectivity index (χ1v) is 6.80. The third kappa shape index (κ3) is 3.61. The van der Waals surface area contributed by atoms with Gasteiger partial charge in [-0.2, -0.15) is 5.10 Å². The number of methoxy groups -OCH3 is 1. The topological polar surface area (TPSA) is 73.4 Å². The molecule has 6 heteroatoms. The fraction of sp³-hybridized carbons (Fsp3) is 0.333. The predicted molar refractivity (Wildman–Crippen MR) is 81.5 cm³/mol. The van der Waals surface area contributed by atoms with Gasteiger partial charge in [-0.1, -0.05) is 6.07 Å². The minimum atomic E-state index is -0.0928. The molecule has 1 aromatic heterocycles. The van der Waals surface area contributed by atoms with Gasteiger partial charge in [0.1, 0.15) is 5.75 Å². The fourth-order valence-electron chi connectivity index (χ4n) is 2.06. The van der Waals surface area contributed by atoms with Crippen molar-refractivity contribution in [3.8, 4) is 5.75 Å². The second kappa shape index (κ2) is 6.90. The van der Waals surface area contributed by atoms with E-state index in [1.54, 1.807) is 36.1 Å². The molecule has 1 aromatic carbocycles. The zero-order valence-corrected chi connectivity index (χ0v) is 12.3. The molecule has 1 amide bonds. The van der Waals surface area contributed by atoms with E-state index in [4.69, 9.17) is 10.5 Å². The molecule has 0 saturated heterocycles. The normalized spacial score (nSPS) is 10.4. The van der Waals surface area contributed by atoms with Crippen LogP contribution in [0.5, 0.6) is 5.75 Å². The first-order chi connectivity index (χ1) is 10.2. The van der Waals surface area contributed by atoms with Crippen LogP contribution in [0, 0.1) is 0 Å². The van der Waals surface area contributed by atoms with Gasteiger partial charge in [0.15, 0.2) is 0 Å². The maximum absolute atomic E-state index is 12.7. The lowest BCUT2D eigenvalue weighted by Gasteiger charge is -2.22. The molecule has 0 bridgehead atoms. The first-order valence-electron chi connectivity index (χ1n) is 6.80. The van der Waals surface area contributed by atoms with Gasteiger partial charge in [-0.15, -0.1) is 0 Å². The summed E-state index contributed by atoms with van der Waals surface area (Å²) in [5, 5.41) is 4.05. The molecule has 0 saturated carbocycles. The van der Waals surface area contributed by atoms with Gasteiger partial charge in [-0.05, 0) is 25.1 Å². The average molecular weight is 288 g/mol. The molecule has 0 fully saturated rings. The Kier molecular flexibility index (Phi) is 4.94. The van der Waals surface area contributed by atoms with E-state index in [-0.39, 0.29) is 5.91 Å². The Hall–Kier alpha value is -2.34. The Morgan fingerprint density at radius 2 is 2.29 bits per heavy atom. The molecule has 0 aliphatic carbocycles. The number of rotatable bonds is 6. The molecule has 0 spiro atoms. The third-order valence-electron chi connectivity index (χ3n) is 3.15. The van der Waals surface area contributed by atoms with Crippen molar-refractivity contribution in [1.29, 1.82) is 0 Å². The summed E-state index contributed by atoms with van der Waals surface area (Å²) in [5.74, 6) is 0.619. The van der Waals surface area contributed by atoms with E-state index in [1.165, 1.54) is 0 Å². The summed E-state index contributed by atoms with van der Waals surface area (Å²) in [7, 11) is 3.39. The number of nitrogens with two attached hydrogens (primary N) is 1. The van der Waals surface area contributed by atoms with Crippen LogP contribution in [0.3, 0.4) is 0 Å². The molecule has 2 N–H and O–H groups in total. The maximum atomic E-state index is 12.7. The van der Waals surface area contributed by atoms with E-state index < -0.39 is 0 Å². The molecule has 0 aliphatic rings. The number of amides is 1. The Morgan fingerprint density at radius 3 is 2.90 bits per heavy atom. The number of benzene rings is 1. The van der Waals surface area contributed by atoms with Crippen LogP contribution in [0.4, 0.5) is 5.69 Å². The van der Waals surface area contributed by atoms with Gasteiger partial charge in [0.2, 0.25) is 0 Å². The minimum Gasteiger partial charge on any atom is -0.497 e. The molecule has 0 unspecified atom stereocenters. The lowest BCUT2D eigenvalue weighted by atomic mass is 10.2. The Morgan fingerprint density at radius 1 is 1.48 bits per heavy atom. The van der Waals surface area contributed by atoms with Crippen LogP contribution in [0.25, 0.3) is 0 Å². The van der Waals surface area contributed by atoms with Crippen LogP contribution in [0.15, 0.2) is 36.7 Å². The number of carbonyl (C=O) groups excluding carboxylic acids is 1. The molecule has 2 rings (SSSR count). The van der Waals surface area contributed by atoms with Crippen molar-refractivity contribution in [2.75, 3.05) is 25.1 Å². The zero-order valence-electron chi connectivity index (χ0n) is 12.3. The highest BCUT2D eigenvalue weighted by molar-refractivity contribution is 6.05. The number of nitrogens with zero attached hydrogens (tertiary/aromatic N) is 3. The first kappa shape index (κ1) is 15.1. The SMILES string of the molecule is COc1cccc(N(CCCN)C(=O)c2cnn(C)c2)c1. The molecule has 1 heterocycles. The number of carbonyl (C=O) groups is 1. The van der Waals surface area contributed by atoms with E-state index >= 15 is 0 Å². The van der Waals surface area contributed by atoms with Crippen LogP contribution in [0.1, 0.15) is 16.8 Å². The largest absolute Gasteiger partial charge is 0.497 e. The molecule has 6 nitrogen and oxygen atoms in total. The summed E-state index contributed by atoms with van der Waals surface area (Å²) in [6, 6.07) is 7.43. The van der Waals surface area contributed by atoms with E-state index in [9.17, 15) is 4.79 Å². The van der Waals surface area contributed by atoms with E-state index in [0.29, 0.717) is 24.4 Å².